The summed E-state index contributed by atoms with van der Waals surface area (Å²) in [7, 11) is 0. The Bertz CT molecular complexity index is 1530. The normalized spacial score (nSPS) is 16.3. The van der Waals surface area contributed by atoms with E-state index in [1.54, 1.807) is 18.2 Å². The minimum Gasteiger partial charge on any atom is -0.508 e. The number of rotatable bonds is 5. The van der Waals surface area contributed by atoms with Gasteiger partial charge < -0.3 is 5.11 Å². The molecule has 2 atom stereocenters. The molecule has 0 saturated heterocycles. The van der Waals surface area contributed by atoms with E-state index in [9.17, 15) is 14.7 Å². The van der Waals surface area contributed by atoms with Crippen molar-refractivity contribution in [1.82, 2.24) is 9.78 Å². The third-order valence-corrected chi connectivity index (χ3v) is 6.74. The fourth-order valence-corrected chi connectivity index (χ4v) is 4.88. The molecular formula is C29H28N4O3. The maximum absolute atomic E-state index is 13.8. The average molecular weight is 481 g/mol. The van der Waals surface area contributed by atoms with Crippen LogP contribution in [-0.2, 0) is 4.79 Å². The molecular weight excluding hydrogens is 452 g/mol. The Morgan fingerprint density at radius 1 is 0.861 bits per heavy atom. The monoisotopic (exact) mass is 480 g/mol. The van der Waals surface area contributed by atoms with Gasteiger partial charge in [-0.2, -0.15) is 5.10 Å². The molecule has 1 aliphatic rings. The van der Waals surface area contributed by atoms with Crippen LogP contribution in [-0.4, -0.2) is 26.5 Å². The maximum Gasteiger partial charge on any atom is 0.275 e. The summed E-state index contributed by atoms with van der Waals surface area (Å²) in [6.45, 7) is 7.62. The first kappa shape index (κ1) is 23.4. The van der Waals surface area contributed by atoms with Gasteiger partial charge in [0.15, 0.2) is 0 Å². The number of hydrazone groups is 1. The van der Waals surface area contributed by atoms with E-state index >= 15 is 0 Å². The van der Waals surface area contributed by atoms with Gasteiger partial charge in [0.05, 0.1) is 17.3 Å². The number of carbonyl (C=O) groups excluding carboxylic acids is 1. The molecule has 2 heterocycles. The summed E-state index contributed by atoms with van der Waals surface area (Å²) in [6.07, 6.45) is 0. The van der Waals surface area contributed by atoms with E-state index in [-0.39, 0.29) is 17.2 Å². The van der Waals surface area contributed by atoms with E-state index in [2.05, 4.69) is 10.2 Å². The number of phenolic OH excluding ortho intramolecular Hbond substituents is 1. The molecule has 0 spiro atoms. The highest BCUT2D eigenvalue weighted by atomic mass is 16.3. The Morgan fingerprint density at radius 3 is 2.08 bits per heavy atom. The largest absolute Gasteiger partial charge is 0.508 e. The molecule has 0 saturated carbocycles. The van der Waals surface area contributed by atoms with Crippen molar-refractivity contribution in [3.05, 3.63) is 111 Å². The number of aromatic hydroxyl groups is 1. The second-order valence-corrected chi connectivity index (χ2v) is 9.40. The quantitative estimate of drug-likeness (QED) is 0.423. The molecule has 0 fully saturated rings. The topological polar surface area (TPSA) is 90.7 Å². The highest BCUT2D eigenvalue weighted by Gasteiger charge is 2.43. The summed E-state index contributed by atoms with van der Waals surface area (Å²) in [5.74, 6) is -1.49. The zero-order valence-corrected chi connectivity index (χ0v) is 20.7. The molecule has 0 aliphatic carbocycles. The van der Waals surface area contributed by atoms with Crippen LogP contribution >= 0.6 is 0 Å². The van der Waals surface area contributed by atoms with E-state index < -0.39 is 11.8 Å². The first-order chi connectivity index (χ1) is 17.2. The highest BCUT2D eigenvalue weighted by molar-refractivity contribution is 6.15. The number of anilines is 1. The van der Waals surface area contributed by atoms with Crippen LogP contribution in [0.2, 0.25) is 0 Å². The molecule has 7 nitrogen and oxygen atoms in total. The van der Waals surface area contributed by atoms with Gasteiger partial charge in [-0.15, -0.1) is 0 Å². The number of H-pyrrole nitrogens is 1. The van der Waals surface area contributed by atoms with Gasteiger partial charge in [-0.1, -0.05) is 47.5 Å². The summed E-state index contributed by atoms with van der Waals surface area (Å²) >= 11 is 0. The molecule has 1 aliphatic heterocycles. The number of hydrogen-bond acceptors (Lipinski definition) is 4. The van der Waals surface area contributed by atoms with E-state index in [0.717, 1.165) is 11.1 Å². The number of aromatic nitrogens is 2. The second-order valence-electron chi connectivity index (χ2n) is 9.40. The molecule has 4 aromatic rings. The van der Waals surface area contributed by atoms with Gasteiger partial charge in [0.1, 0.15) is 5.75 Å². The van der Waals surface area contributed by atoms with Crippen molar-refractivity contribution in [1.29, 1.82) is 0 Å². The molecule has 182 valence electrons. The lowest BCUT2D eigenvalue weighted by Crippen LogP contribution is -2.34. The summed E-state index contributed by atoms with van der Waals surface area (Å²) < 4.78 is 1.50. The smallest absolute Gasteiger partial charge is 0.275 e. The lowest BCUT2D eigenvalue weighted by molar-refractivity contribution is -0.120. The van der Waals surface area contributed by atoms with Gasteiger partial charge >= 0.3 is 0 Å². The zero-order chi connectivity index (χ0) is 25.6. The number of nitrogens with zero attached hydrogens (tertiary/aromatic N) is 3. The van der Waals surface area contributed by atoms with Crippen molar-refractivity contribution >= 4 is 17.3 Å². The first-order valence-electron chi connectivity index (χ1n) is 11.9. The SMILES string of the molecule is CC1=NN(c2ccc(C)cc2)C(=O)[C@H]1[C@@H](c1cccc(O)c1)c1c(C)[nH]n(-c2ccc(C)cc2)c1=O. The van der Waals surface area contributed by atoms with Gasteiger partial charge in [0.2, 0.25) is 0 Å². The minimum atomic E-state index is -0.707. The molecule has 1 amide bonds. The Balaban J connectivity index is 1.65. The molecule has 0 radical (unpaired) electrons. The van der Waals surface area contributed by atoms with Crippen molar-refractivity contribution in [3.63, 3.8) is 0 Å². The summed E-state index contributed by atoms with van der Waals surface area (Å²) in [5.41, 5.74) is 5.72. The number of nitrogens with one attached hydrogen (secondary N) is 1. The predicted octanol–water partition coefficient (Wildman–Crippen LogP) is 4.97. The summed E-state index contributed by atoms with van der Waals surface area (Å²) in [4.78, 5) is 27.7. The third-order valence-electron chi connectivity index (χ3n) is 6.74. The number of benzene rings is 3. The van der Waals surface area contributed by atoms with E-state index in [4.69, 9.17) is 0 Å². The van der Waals surface area contributed by atoms with Crippen molar-refractivity contribution in [2.75, 3.05) is 5.01 Å². The van der Waals surface area contributed by atoms with Gasteiger partial charge in [-0.25, -0.2) is 9.69 Å². The second kappa shape index (κ2) is 9.00. The van der Waals surface area contributed by atoms with Gasteiger partial charge in [0.25, 0.3) is 11.5 Å². The zero-order valence-electron chi connectivity index (χ0n) is 20.7. The van der Waals surface area contributed by atoms with E-state index in [0.29, 0.717) is 33.9 Å². The van der Waals surface area contributed by atoms with Gasteiger partial charge in [0, 0.05) is 22.9 Å². The Morgan fingerprint density at radius 2 is 1.47 bits per heavy atom. The van der Waals surface area contributed by atoms with Crippen LogP contribution in [0.3, 0.4) is 0 Å². The summed E-state index contributed by atoms with van der Waals surface area (Å²) in [6, 6.07) is 22.0. The molecule has 0 bridgehead atoms. The predicted molar refractivity (Wildman–Crippen MR) is 141 cm³/mol. The van der Waals surface area contributed by atoms with Crippen molar-refractivity contribution in [3.8, 4) is 11.4 Å². The van der Waals surface area contributed by atoms with E-state index in [1.165, 1.54) is 9.69 Å². The maximum atomic E-state index is 13.8. The molecule has 0 unspecified atom stereocenters. The van der Waals surface area contributed by atoms with Crippen LogP contribution in [0.5, 0.6) is 5.75 Å². The van der Waals surface area contributed by atoms with Crippen LogP contribution < -0.4 is 10.6 Å². The molecule has 3 aromatic carbocycles. The van der Waals surface area contributed by atoms with Crippen molar-refractivity contribution in [2.45, 2.75) is 33.6 Å². The van der Waals surface area contributed by atoms with Crippen LogP contribution in [0, 0.1) is 26.7 Å². The standard InChI is InChI=1S/C29H28N4O3/c1-17-8-12-22(13-9-17)32-28(35)25(19(3)30-32)27(21-6-5-7-24(34)16-21)26-20(4)31-33(29(26)36)23-14-10-18(2)11-15-23/h5-16,25,27,31,34H,1-4H3/t25-,27-/m1/s1. The molecule has 5 rings (SSSR count). The number of aryl methyl sites for hydroxylation is 3. The Kier molecular flexibility index (Phi) is 5.84. The molecule has 36 heavy (non-hydrogen) atoms. The number of carbonyl (C=O) groups is 1. The molecule has 2 N–H and O–H groups in total. The van der Waals surface area contributed by atoms with Crippen LogP contribution in [0.15, 0.2) is 82.7 Å². The number of aromatic amines is 1. The van der Waals surface area contributed by atoms with Crippen LogP contribution in [0.25, 0.3) is 5.69 Å². The van der Waals surface area contributed by atoms with Crippen LogP contribution in [0.1, 0.15) is 40.8 Å². The minimum absolute atomic E-state index is 0.0694. The Labute approximate surface area is 209 Å². The summed E-state index contributed by atoms with van der Waals surface area (Å²) in [5, 5.41) is 19.5. The Hall–Kier alpha value is -4.39. The number of amides is 1. The highest BCUT2D eigenvalue weighted by Crippen LogP contribution is 2.39. The van der Waals surface area contributed by atoms with Gasteiger partial charge in [-0.3, -0.25) is 14.7 Å². The first-order valence-corrected chi connectivity index (χ1v) is 11.9. The van der Waals surface area contributed by atoms with Crippen molar-refractivity contribution < 1.29 is 9.90 Å². The third kappa shape index (κ3) is 4.02. The van der Waals surface area contributed by atoms with E-state index in [1.807, 2.05) is 82.3 Å². The van der Waals surface area contributed by atoms with Crippen LogP contribution in [0.4, 0.5) is 5.69 Å². The molecule has 1 aromatic heterocycles. The lowest BCUT2D eigenvalue weighted by atomic mass is 9.78. The lowest BCUT2D eigenvalue weighted by Gasteiger charge is -2.23. The fraction of sp³-hybridized carbons (Fsp3) is 0.207. The molecule has 7 heteroatoms. The average Bonchev–Trinajstić information content (AvgIpc) is 3.31. The van der Waals surface area contributed by atoms with Crippen molar-refractivity contribution in [2.24, 2.45) is 11.0 Å². The fourth-order valence-electron chi connectivity index (χ4n) is 4.88. The number of phenols is 1. The number of hydrogen-bond donors (Lipinski definition) is 2. The van der Waals surface area contributed by atoms with Gasteiger partial charge in [-0.05, 0) is 69.7 Å².